The first-order valence-corrected chi connectivity index (χ1v) is 35.7. The summed E-state index contributed by atoms with van der Waals surface area (Å²) in [5.74, 6) is -4.86. The second-order valence-corrected chi connectivity index (χ2v) is 29.4. The number of halogens is 2. The molecule has 4 aliphatic carbocycles. The number of carbonyl (C=O) groups excluding carboxylic acids is 7. The Hall–Kier alpha value is -5.38. The monoisotopic (exact) mass is 1440 g/mol. The van der Waals surface area contributed by atoms with Crippen molar-refractivity contribution in [2.24, 2.45) is 11.8 Å². The fourth-order valence-electron chi connectivity index (χ4n) is 12.8. The Kier molecular flexibility index (Phi) is 26.4. The number of carbonyl (C=O) groups is 8. The van der Waals surface area contributed by atoms with Crippen LogP contribution in [0.2, 0.25) is 0 Å². The molecule has 0 spiro atoms. The average molecular weight is 1450 g/mol. The molecule has 10 rings (SSSR count). The summed E-state index contributed by atoms with van der Waals surface area (Å²) >= 11 is 6.55. The van der Waals surface area contributed by atoms with Crippen LogP contribution >= 0.6 is 31.9 Å². The van der Waals surface area contributed by atoms with Gasteiger partial charge in [0.1, 0.15) is 47.5 Å². The van der Waals surface area contributed by atoms with Crippen molar-refractivity contribution >= 4 is 99.8 Å². The van der Waals surface area contributed by atoms with Gasteiger partial charge in [0.05, 0.1) is 28.6 Å². The number of allylic oxidation sites excluding steroid dienone is 2. The maximum atomic E-state index is 14.2. The number of hydrogen-bond acceptors (Lipinski definition) is 18. The van der Waals surface area contributed by atoms with E-state index in [1.165, 1.54) is 34.1 Å². The van der Waals surface area contributed by atoms with Crippen LogP contribution in [0, 0.1) is 11.8 Å². The second-order valence-electron chi connectivity index (χ2n) is 24.5. The van der Waals surface area contributed by atoms with Crippen molar-refractivity contribution < 1.29 is 107 Å². The van der Waals surface area contributed by atoms with Gasteiger partial charge in [-0.3, -0.25) is 27.5 Å². The standard InChI is InChI=1S/C32H42BrN3O9S.C30H38BrN3O9S.Li.H2O/c1-2-43-30(39)32-19-21(32)10-6-4-3-5-7-13-26(34-31(40)44-23-11-8-9-12-23)29(38)36-20-24(18-27(36)28(37)35-32)45-46(41,42)25-16-14-22(33)15-17-25;31-20-12-14-23(15-13-20)44(40,41)43-22-16-25-26(35)33-30(28(37)38)17-19(30)8-4-2-1-3-5-11-24(27(36)34(25)18-22)32-29(39)42-21-9-6-7-10-21;;/h6,10,14-17,21,23-24,26-27H,2-5,7-9,11-13,18-20H2,1H3,(H,34,40)(H,35,37);4,8,12-15,19,21-22,24-25H,1-3,5-7,9-11,16-18H2,(H,32,39)(H,33,35)(H,37,38);;1H2/q;;+1;/p-1/b10-6-;8-4-;;/t21-,24+,26+,27+,32-;19-,22+,24+,25+,30-;;/m11../s1. The van der Waals surface area contributed by atoms with Crippen molar-refractivity contribution in [2.45, 2.75) is 218 Å². The van der Waals surface area contributed by atoms with Crippen LogP contribution in [-0.2, 0) is 71.6 Å². The third-order valence-corrected chi connectivity index (χ3v) is 21.8. The summed E-state index contributed by atoms with van der Waals surface area (Å²) in [4.78, 5) is 109. The molecule has 0 radical (unpaired) electrons. The van der Waals surface area contributed by atoms with E-state index in [0.717, 1.165) is 89.9 Å². The van der Waals surface area contributed by atoms with Crippen LogP contribution in [0.25, 0.3) is 0 Å². The van der Waals surface area contributed by atoms with Crippen molar-refractivity contribution in [1.29, 1.82) is 0 Å². The van der Waals surface area contributed by atoms with E-state index in [0.29, 0.717) is 34.6 Å². The van der Waals surface area contributed by atoms with E-state index >= 15 is 0 Å². The number of esters is 1. The molecular formula is C62H81Br2LiN6O19S2. The Bertz CT molecular complexity index is 3260. The number of aliphatic carboxylic acids is 1. The molecule has 4 saturated carbocycles. The van der Waals surface area contributed by atoms with Gasteiger partial charge in [0.25, 0.3) is 20.2 Å². The Morgan fingerprint density at radius 3 is 1.36 bits per heavy atom. The zero-order valence-corrected chi connectivity index (χ0v) is 56.5. The number of nitrogens with one attached hydrogen (secondary N) is 4. The van der Waals surface area contributed by atoms with E-state index in [4.69, 9.17) is 22.6 Å². The minimum atomic E-state index is -4.25. The van der Waals surface area contributed by atoms with E-state index < -0.39 is 121 Å². The largest absolute Gasteiger partial charge is 1.00 e. The topological polar surface area (TPSA) is 356 Å². The molecule has 6 N–H and O–H groups in total. The SMILES string of the molecule is CCOC(=O)[C@@]12C[C@H]1/C=C\CCCCC[C@H](NC(=O)OC1CCCC1)C(=O)N1C[C@@H](OS(=O)(=O)c3ccc(Br)cc3)C[C@H]1C(=O)N2.O=C(N[C@H]1CCCCC/C=C\[C@@H]2C[C@@]2(C(=O)O)NC(=O)[C@@H]2C[C@H](OS(=O)(=O)c3ccc(Br)cc3)CN2C1=O)OC1CCCC1.[Li+].[OH-]. The summed E-state index contributed by atoms with van der Waals surface area (Å²) in [5.41, 5.74) is -2.78. The van der Waals surface area contributed by atoms with Gasteiger partial charge in [0.2, 0.25) is 23.6 Å². The number of fused-ring (bicyclic) bond motifs is 4. The van der Waals surface area contributed by atoms with Gasteiger partial charge < -0.3 is 55.9 Å². The van der Waals surface area contributed by atoms with Gasteiger partial charge in [-0.25, -0.2) is 19.2 Å². The van der Waals surface area contributed by atoms with Gasteiger partial charge in [-0.1, -0.05) is 81.8 Å². The van der Waals surface area contributed by atoms with Gasteiger partial charge in [0, 0.05) is 46.7 Å². The summed E-state index contributed by atoms with van der Waals surface area (Å²) in [6.07, 6.45) is 17.4. The van der Waals surface area contributed by atoms with Gasteiger partial charge in [0.15, 0.2) is 0 Å². The van der Waals surface area contributed by atoms with E-state index in [1.54, 1.807) is 31.2 Å². The Morgan fingerprint density at radius 1 is 0.576 bits per heavy atom. The van der Waals surface area contributed by atoms with Gasteiger partial charge in [-0.05, 0) is 158 Å². The molecule has 30 heteroatoms. The molecule has 0 bridgehead atoms. The smallest absolute Gasteiger partial charge is 0.870 e. The van der Waals surface area contributed by atoms with Crippen LogP contribution in [0.5, 0.6) is 0 Å². The number of amides is 6. The molecule has 6 fully saturated rings. The average Bonchev–Trinajstić information content (AvgIpc) is 1.59. The number of rotatable bonds is 13. The van der Waals surface area contributed by atoms with Crippen molar-refractivity contribution in [2.75, 3.05) is 19.7 Å². The van der Waals surface area contributed by atoms with Crippen LogP contribution in [0.3, 0.4) is 0 Å². The number of alkyl carbamates (subject to hydrolysis) is 2. The van der Waals surface area contributed by atoms with E-state index in [9.17, 15) is 60.3 Å². The number of ether oxygens (including phenoxy) is 3. The molecule has 2 aromatic rings. The van der Waals surface area contributed by atoms with Gasteiger partial charge >= 0.3 is 43.0 Å². The predicted octanol–water partition coefficient (Wildman–Crippen LogP) is 4.59. The fourth-order valence-corrected chi connectivity index (χ4v) is 15.5. The molecular weight excluding hydrogens is 1360 g/mol. The maximum Gasteiger partial charge on any atom is 1.00 e. The molecule has 6 amide bonds. The van der Waals surface area contributed by atoms with Crippen LogP contribution in [0.15, 0.2) is 91.6 Å². The number of carboxylic acids is 1. The zero-order valence-electron chi connectivity index (χ0n) is 51.7. The molecule has 2 aromatic carbocycles. The molecule has 10 atom stereocenters. The maximum absolute atomic E-state index is 14.2. The molecule has 0 unspecified atom stereocenters. The summed E-state index contributed by atoms with van der Waals surface area (Å²) < 4.78 is 81.4. The normalized spacial score (nSPS) is 29.6. The summed E-state index contributed by atoms with van der Waals surface area (Å²) in [5, 5.41) is 20.9. The van der Waals surface area contributed by atoms with Crippen molar-refractivity contribution in [3.8, 4) is 0 Å². The molecule has 92 heavy (non-hydrogen) atoms. The molecule has 4 heterocycles. The van der Waals surface area contributed by atoms with Crippen molar-refractivity contribution in [3.05, 3.63) is 81.8 Å². The van der Waals surface area contributed by atoms with Crippen LogP contribution in [-0.4, -0.2) is 164 Å². The van der Waals surface area contributed by atoms with Gasteiger partial charge in [-0.15, -0.1) is 0 Å². The van der Waals surface area contributed by atoms with E-state index in [1.807, 2.05) is 24.3 Å². The Labute approximate surface area is 565 Å². The first kappa shape index (κ1) is 74.0. The van der Waals surface area contributed by atoms with Crippen LogP contribution in [0.1, 0.15) is 148 Å². The molecule has 0 aromatic heterocycles. The first-order valence-electron chi connectivity index (χ1n) is 31.3. The second kappa shape index (κ2) is 32.8. The van der Waals surface area contributed by atoms with E-state index in [2.05, 4.69) is 53.1 Å². The number of benzene rings is 2. The number of carboxylic acid groups (broad SMARTS) is 1. The first-order chi connectivity index (χ1) is 43.0. The van der Waals surface area contributed by atoms with Crippen LogP contribution < -0.4 is 40.1 Å². The predicted molar refractivity (Wildman–Crippen MR) is 333 cm³/mol. The third-order valence-electron chi connectivity index (χ3n) is 18.0. The zero-order chi connectivity index (χ0) is 64.4. The third kappa shape index (κ3) is 18.8. The molecule has 25 nitrogen and oxygen atoms in total. The van der Waals surface area contributed by atoms with Crippen LogP contribution in [0.4, 0.5) is 9.59 Å². The summed E-state index contributed by atoms with van der Waals surface area (Å²) in [6, 6.07) is 7.39. The summed E-state index contributed by atoms with van der Waals surface area (Å²) in [7, 11) is -8.49. The molecule has 4 aliphatic heterocycles. The Balaban J connectivity index is 0.000000256. The fraction of sp³-hybridized carbons (Fsp3) is 0.613. The van der Waals surface area contributed by atoms with Gasteiger partial charge in [-0.2, -0.15) is 16.8 Å². The molecule has 500 valence electrons. The van der Waals surface area contributed by atoms with Crippen molar-refractivity contribution in [3.63, 3.8) is 0 Å². The number of hydrogen-bond donors (Lipinski definition) is 5. The Morgan fingerprint density at radius 2 is 0.957 bits per heavy atom. The van der Waals surface area contributed by atoms with Crippen molar-refractivity contribution in [1.82, 2.24) is 31.1 Å². The van der Waals surface area contributed by atoms with E-state index in [-0.39, 0.29) is 97.6 Å². The molecule has 2 saturated heterocycles. The number of nitrogens with zero attached hydrogens (tertiary/aromatic N) is 2. The minimum absolute atomic E-state index is 0. The minimum Gasteiger partial charge on any atom is -0.870 e. The molecule has 8 aliphatic rings. The summed E-state index contributed by atoms with van der Waals surface area (Å²) in [6.45, 7) is 1.37. The quantitative estimate of drug-likeness (QED) is 0.0602.